The largest absolute Gasteiger partial charge is 0.411 e. The summed E-state index contributed by atoms with van der Waals surface area (Å²) in [6.07, 6.45) is -3.71. The van der Waals surface area contributed by atoms with Crippen molar-refractivity contribution in [2.24, 2.45) is 0 Å². The molecule has 0 aromatic rings. The number of halogens is 3. The first-order valence-corrected chi connectivity index (χ1v) is 5.36. The van der Waals surface area contributed by atoms with Crippen molar-refractivity contribution in [2.45, 2.75) is 32.5 Å². The van der Waals surface area contributed by atoms with Gasteiger partial charge in [-0.25, -0.2) is 0 Å². The smallest absolute Gasteiger partial charge is 0.395 e. The lowest BCUT2D eigenvalue weighted by Crippen LogP contribution is -2.34. The first-order valence-electron chi connectivity index (χ1n) is 5.36. The summed E-state index contributed by atoms with van der Waals surface area (Å²) < 4.78 is 39.7. The molecule has 16 heavy (non-hydrogen) atoms. The molecule has 0 amide bonds. The highest BCUT2D eigenvalue weighted by Gasteiger charge is 2.27. The zero-order valence-electron chi connectivity index (χ0n) is 9.76. The second-order valence-electron chi connectivity index (χ2n) is 3.87. The molecule has 0 radical (unpaired) electrons. The van der Waals surface area contributed by atoms with E-state index in [0.717, 1.165) is 0 Å². The van der Waals surface area contributed by atoms with E-state index in [9.17, 15) is 13.2 Å². The molecule has 0 unspecified atom stereocenters. The standard InChI is InChI=1S/C10H20F3NO2/c1-9(2)14(5-6-15)4-3-7-16-8-10(11,12)13/h9,15H,3-8H2,1-2H3. The molecule has 0 fully saturated rings. The molecule has 0 atom stereocenters. The fraction of sp³-hybridized carbons (Fsp3) is 1.00. The van der Waals surface area contributed by atoms with Gasteiger partial charge < -0.3 is 9.84 Å². The summed E-state index contributed by atoms with van der Waals surface area (Å²) in [5.41, 5.74) is 0. The molecule has 0 aliphatic heterocycles. The van der Waals surface area contributed by atoms with Crippen molar-refractivity contribution < 1.29 is 23.0 Å². The normalized spacial score (nSPS) is 12.8. The minimum atomic E-state index is -4.25. The Hall–Kier alpha value is -0.330. The van der Waals surface area contributed by atoms with E-state index in [4.69, 9.17) is 5.11 Å². The van der Waals surface area contributed by atoms with Crippen LogP contribution in [0.5, 0.6) is 0 Å². The molecule has 3 nitrogen and oxygen atoms in total. The van der Waals surface area contributed by atoms with E-state index < -0.39 is 12.8 Å². The highest BCUT2D eigenvalue weighted by atomic mass is 19.4. The van der Waals surface area contributed by atoms with E-state index in [2.05, 4.69) is 4.74 Å². The predicted octanol–water partition coefficient (Wildman–Crippen LogP) is 1.66. The van der Waals surface area contributed by atoms with Crippen molar-refractivity contribution in [3.05, 3.63) is 0 Å². The van der Waals surface area contributed by atoms with Crippen LogP contribution >= 0.6 is 0 Å². The van der Waals surface area contributed by atoms with E-state index in [1.165, 1.54) is 0 Å². The average Bonchev–Trinajstić information content (AvgIpc) is 2.13. The molecule has 0 saturated heterocycles. The van der Waals surface area contributed by atoms with Crippen LogP contribution in [-0.4, -0.2) is 55.1 Å². The van der Waals surface area contributed by atoms with Gasteiger partial charge in [-0.05, 0) is 20.3 Å². The van der Waals surface area contributed by atoms with Gasteiger partial charge in [0.25, 0.3) is 0 Å². The highest BCUT2D eigenvalue weighted by molar-refractivity contribution is 4.62. The number of alkyl halides is 3. The molecular formula is C10H20F3NO2. The van der Waals surface area contributed by atoms with Crippen molar-refractivity contribution in [1.82, 2.24) is 4.90 Å². The molecule has 0 rings (SSSR count). The fourth-order valence-electron chi connectivity index (χ4n) is 1.31. The maximum absolute atomic E-state index is 11.7. The quantitative estimate of drug-likeness (QED) is 0.658. The van der Waals surface area contributed by atoms with E-state index in [0.29, 0.717) is 19.5 Å². The predicted molar refractivity (Wildman–Crippen MR) is 55.3 cm³/mol. The maximum atomic E-state index is 11.7. The summed E-state index contributed by atoms with van der Waals surface area (Å²) in [5.74, 6) is 0. The first kappa shape index (κ1) is 15.7. The van der Waals surface area contributed by atoms with Crippen LogP contribution in [0.15, 0.2) is 0 Å². The van der Waals surface area contributed by atoms with Gasteiger partial charge in [0.15, 0.2) is 0 Å². The van der Waals surface area contributed by atoms with Gasteiger partial charge in [0.05, 0.1) is 6.61 Å². The average molecular weight is 243 g/mol. The third-order valence-corrected chi connectivity index (χ3v) is 2.12. The zero-order chi connectivity index (χ0) is 12.6. The van der Waals surface area contributed by atoms with Crippen molar-refractivity contribution in [1.29, 1.82) is 0 Å². The van der Waals surface area contributed by atoms with Crippen LogP contribution in [0.2, 0.25) is 0 Å². The molecule has 1 N–H and O–H groups in total. The number of aliphatic hydroxyl groups excluding tert-OH is 1. The third-order valence-electron chi connectivity index (χ3n) is 2.12. The van der Waals surface area contributed by atoms with Gasteiger partial charge in [0.2, 0.25) is 0 Å². The lowest BCUT2D eigenvalue weighted by atomic mass is 10.3. The maximum Gasteiger partial charge on any atom is 0.411 e. The molecular weight excluding hydrogens is 223 g/mol. The highest BCUT2D eigenvalue weighted by Crippen LogP contribution is 2.14. The van der Waals surface area contributed by atoms with Crippen LogP contribution in [0.4, 0.5) is 13.2 Å². The Bertz CT molecular complexity index is 174. The van der Waals surface area contributed by atoms with Crippen LogP contribution < -0.4 is 0 Å². The lowest BCUT2D eigenvalue weighted by Gasteiger charge is -2.25. The zero-order valence-corrected chi connectivity index (χ0v) is 9.76. The van der Waals surface area contributed by atoms with Crippen LogP contribution in [0.1, 0.15) is 20.3 Å². The van der Waals surface area contributed by atoms with Crippen LogP contribution in [0, 0.1) is 0 Å². The summed E-state index contributed by atoms with van der Waals surface area (Å²) in [4.78, 5) is 2.00. The van der Waals surface area contributed by atoms with Gasteiger partial charge in [-0.3, -0.25) is 4.90 Å². The number of hydrogen-bond acceptors (Lipinski definition) is 3. The molecule has 6 heteroatoms. The van der Waals surface area contributed by atoms with Crippen molar-refractivity contribution in [3.8, 4) is 0 Å². The summed E-state index contributed by atoms with van der Waals surface area (Å²) in [6.45, 7) is 4.09. The topological polar surface area (TPSA) is 32.7 Å². The van der Waals surface area contributed by atoms with Gasteiger partial charge in [0, 0.05) is 25.7 Å². The summed E-state index contributed by atoms with van der Waals surface area (Å²) in [5, 5.41) is 8.77. The molecule has 0 heterocycles. The van der Waals surface area contributed by atoms with Crippen LogP contribution in [0.25, 0.3) is 0 Å². The van der Waals surface area contributed by atoms with Gasteiger partial charge >= 0.3 is 6.18 Å². The van der Waals surface area contributed by atoms with Gasteiger partial charge in [-0.2, -0.15) is 13.2 Å². The Morgan fingerprint density at radius 1 is 1.25 bits per heavy atom. The molecule has 98 valence electrons. The number of ether oxygens (including phenoxy) is 1. The Labute approximate surface area is 94.2 Å². The Kier molecular flexibility index (Phi) is 7.70. The SMILES string of the molecule is CC(C)N(CCO)CCCOCC(F)(F)F. The molecule has 0 aromatic heterocycles. The number of nitrogens with zero attached hydrogens (tertiary/aromatic N) is 1. The third kappa shape index (κ3) is 8.94. The van der Waals surface area contributed by atoms with Crippen LogP contribution in [0.3, 0.4) is 0 Å². The van der Waals surface area contributed by atoms with Crippen molar-refractivity contribution in [3.63, 3.8) is 0 Å². The minimum absolute atomic E-state index is 0.0571. The minimum Gasteiger partial charge on any atom is -0.395 e. The van der Waals surface area contributed by atoms with E-state index in [-0.39, 0.29) is 19.3 Å². The Morgan fingerprint density at radius 2 is 1.88 bits per heavy atom. The number of rotatable bonds is 8. The second-order valence-corrected chi connectivity index (χ2v) is 3.87. The molecule has 0 saturated carbocycles. The van der Waals surface area contributed by atoms with Gasteiger partial charge in [0.1, 0.15) is 6.61 Å². The van der Waals surface area contributed by atoms with Gasteiger partial charge in [-0.1, -0.05) is 0 Å². The number of aliphatic hydroxyl groups is 1. The lowest BCUT2D eigenvalue weighted by molar-refractivity contribution is -0.174. The van der Waals surface area contributed by atoms with E-state index in [1.807, 2.05) is 18.7 Å². The van der Waals surface area contributed by atoms with Crippen molar-refractivity contribution in [2.75, 3.05) is 32.9 Å². The fourth-order valence-corrected chi connectivity index (χ4v) is 1.31. The first-order chi connectivity index (χ1) is 7.37. The van der Waals surface area contributed by atoms with Crippen LogP contribution in [-0.2, 0) is 4.74 Å². The van der Waals surface area contributed by atoms with E-state index >= 15 is 0 Å². The summed E-state index contributed by atoms with van der Waals surface area (Å²) in [7, 11) is 0. The monoisotopic (exact) mass is 243 g/mol. The Morgan fingerprint density at radius 3 is 2.31 bits per heavy atom. The molecule has 0 spiro atoms. The molecule has 0 aliphatic carbocycles. The Balaban J connectivity index is 3.55. The van der Waals surface area contributed by atoms with E-state index in [1.54, 1.807) is 0 Å². The summed E-state index contributed by atoms with van der Waals surface area (Å²) in [6, 6.07) is 0.273. The second kappa shape index (κ2) is 7.86. The van der Waals surface area contributed by atoms with Gasteiger partial charge in [-0.15, -0.1) is 0 Å². The summed E-state index contributed by atoms with van der Waals surface area (Å²) >= 11 is 0. The molecule has 0 aromatic carbocycles. The molecule has 0 aliphatic rings. The molecule has 0 bridgehead atoms. The van der Waals surface area contributed by atoms with Crippen molar-refractivity contribution >= 4 is 0 Å². The number of hydrogen-bond donors (Lipinski definition) is 1.